The number of rotatable bonds is 8. The van der Waals surface area contributed by atoms with Gasteiger partial charge < -0.3 is 15.3 Å². The predicted octanol–water partition coefficient (Wildman–Crippen LogP) is 2.96. The van der Waals surface area contributed by atoms with Crippen LogP contribution >= 0.6 is 0 Å². The standard InChI is InChI=1S/C21H28N2O2/c1-22-20(25)21(14-9-15-23(2)3,18-11-5-4-6-12-18)16-17-10-7-8-13-19(17)24/h4-8,10-13,24H,9,14-16H2,1-3H3,(H,22,25). The molecule has 134 valence electrons. The Morgan fingerprint density at radius 3 is 2.32 bits per heavy atom. The number of carbonyl (C=O) groups excluding carboxylic acids is 1. The third kappa shape index (κ3) is 4.60. The quantitative estimate of drug-likeness (QED) is 0.777. The molecule has 4 nitrogen and oxygen atoms in total. The van der Waals surface area contributed by atoms with Crippen LogP contribution in [0.25, 0.3) is 0 Å². The molecule has 0 saturated heterocycles. The Kier molecular flexibility index (Phi) is 6.59. The monoisotopic (exact) mass is 340 g/mol. The van der Waals surface area contributed by atoms with Crippen molar-refractivity contribution < 1.29 is 9.90 Å². The van der Waals surface area contributed by atoms with Gasteiger partial charge in [-0.1, -0.05) is 48.5 Å². The van der Waals surface area contributed by atoms with Gasteiger partial charge in [0.2, 0.25) is 5.91 Å². The molecule has 2 rings (SSSR count). The van der Waals surface area contributed by atoms with Crippen LogP contribution in [0, 0.1) is 0 Å². The second-order valence-corrected chi connectivity index (χ2v) is 6.74. The highest BCUT2D eigenvalue weighted by molar-refractivity contribution is 5.88. The van der Waals surface area contributed by atoms with Crippen molar-refractivity contribution in [3.8, 4) is 5.75 Å². The number of likely N-dealkylation sites (N-methyl/N-ethyl adjacent to an activating group) is 1. The fourth-order valence-corrected chi connectivity index (χ4v) is 3.34. The summed E-state index contributed by atoms with van der Waals surface area (Å²) in [6, 6.07) is 17.2. The topological polar surface area (TPSA) is 52.6 Å². The lowest BCUT2D eigenvalue weighted by Gasteiger charge is -2.33. The minimum absolute atomic E-state index is 0.0132. The van der Waals surface area contributed by atoms with E-state index in [1.165, 1.54) is 0 Å². The van der Waals surface area contributed by atoms with Gasteiger partial charge in [-0.15, -0.1) is 0 Å². The number of nitrogens with zero attached hydrogens (tertiary/aromatic N) is 1. The number of para-hydroxylation sites is 1. The number of phenols is 1. The Balaban J connectivity index is 2.46. The molecule has 0 aliphatic heterocycles. The van der Waals surface area contributed by atoms with E-state index in [0.29, 0.717) is 12.8 Å². The van der Waals surface area contributed by atoms with Gasteiger partial charge in [0, 0.05) is 7.05 Å². The smallest absolute Gasteiger partial charge is 0.230 e. The summed E-state index contributed by atoms with van der Waals surface area (Å²) in [6.45, 7) is 0.909. The van der Waals surface area contributed by atoms with Crippen molar-refractivity contribution in [1.29, 1.82) is 0 Å². The third-order valence-corrected chi connectivity index (χ3v) is 4.68. The van der Waals surface area contributed by atoms with E-state index in [1.54, 1.807) is 19.2 Å². The molecule has 0 bridgehead atoms. The number of hydrogen-bond acceptors (Lipinski definition) is 3. The van der Waals surface area contributed by atoms with E-state index in [0.717, 1.165) is 24.1 Å². The molecule has 0 spiro atoms. The lowest BCUT2D eigenvalue weighted by molar-refractivity contribution is -0.126. The van der Waals surface area contributed by atoms with E-state index in [4.69, 9.17) is 0 Å². The highest BCUT2D eigenvalue weighted by Crippen LogP contribution is 2.36. The Labute approximate surface area is 150 Å². The van der Waals surface area contributed by atoms with Crippen molar-refractivity contribution in [2.24, 2.45) is 0 Å². The summed E-state index contributed by atoms with van der Waals surface area (Å²) in [5, 5.41) is 13.1. The third-order valence-electron chi connectivity index (χ3n) is 4.68. The molecule has 0 radical (unpaired) electrons. The molecule has 2 aromatic rings. The fraction of sp³-hybridized carbons (Fsp3) is 0.381. The van der Waals surface area contributed by atoms with Gasteiger partial charge in [0.1, 0.15) is 5.75 Å². The van der Waals surface area contributed by atoms with Gasteiger partial charge in [-0.3, -0.25) is 4.79 Å². The average Bonchev–Trinajstić information content (AvgIpc) is 2.62. The van der Waals surface area contributed by atoms with Crippen molar-refractivity contribution in [3.63, 3.8) is 0 Å². The second kappa shape index (κ2) is 8.67. The molecular weight excluding hydrogens is 312 g/mol. The molecular formula is C21H28N2O2. The maximum Gasteiger partial charge on any atom is 0.230 e. The summed E-state index contributed by atoms with van der Waals surface area (Å²) in [5.41, 5.74) is 1.07. The molecule has 1 amide bonds. The first-order chi connectivity index (χ1) is 12.0. The van der Waals surface area contributed by atoms with E-state index in [2.05, 4.69) is 10.2 Å². The Morgan fingerprint density at radius 2 is 1.72 bits per heavy atom. The Hall–Kier alpha value is -2.33. The molecule has 1 atom stereocenters. The summed E-state index contributed by atoms with van der Waals surface area (Å²) in [5.74, 6) is 0.222. The predicted molar refractivity (Wildman–Crippen MR) is 102 cm³/mol. The fourth-order valence-electron chi connectivity index (χ4n) is 3.34. The van der Waals surface area contributed by atoms with Gasteiger partial charge in [-0.2, -0.15) is 0 Å². The van der Waals surface area contributed by atoms with Crippen molar-refractivity contribution >= 4 is 5.91 Å². The van der Waals surface area contributed by atoms with Crippen LogP contribution in [0.1, 0.15) is 24.0 Å². The maximum atomic E-state index is 13.0. The van der Waals surface area contributed by atoms with Crippen LogP contribution in [0.15, 0.2) is 54.6 Å². The molecule has 0 aliphatic carbocycles. The van der Waals surface area contributed by atoms with Gasteiger partial charge in [0.05, 0.1) is 5.41 Å². The number of hydrogen-bond donors (Lipinski definition) is 2. The van der Waals surface area contributed by atoms with E-state index in [-0.39, 0.29) is 11.7 Å². The molecule has 0 heterocycles. The summed E-state index contributed by atoms with van der Waals surface area (Å²) >= 11 is 0. The zero-order valence-electron chi connectivity index (χ0n) is 15.3. The molecule has 2 N–H and O–H groups in total. The van der Waals surface area contributed by atoms with Crippen LogP contribution in [0.4, 0.5) is 0 Å². The lowest BCUT2D eigenvalue weighted by Crippen LogP contribution is -2.45. The van der Waals surface area contributed by atoms with Crippen molar-refractivity contribution in [2.75, 3.05) is 27.7 Å². The summed E-state index contributed by atoms with van der Waals surface area (Å²) in [6.07, 6.45) is 2.07. The summed E-state index contributed by atoms with van der Waals surface area (Å²) in [4.78, 5) is 15.1. The summed E-state index contributed by atoms with van der Waals surface area (Å²) < 4.78 is 0. The minimum Gasteiger partial charge on any atom is -0.508 e. The van der Waals surface area contributed by atoms with E-state index in [1.807, 2.05) is 56.6 Å². The molecule has 0 aromatic heterocycles. The van der Waals surface area contributed by atoms with E-state index >= 15 is 0 Å². The number of aromatic hydroxyl groups is 1. The zero-order valence-corrected chi connectivity index (χ0v) is 15.3. The van der Waals surface area contributed by atoms with Gasteiger partial charge in [0.25, 0.3) is 0 Å². The number of nitrogens with one attached hydrogen (secondary N) is 1. The molecule has 0 saturated carbocycles. The summed E-state index contributed by atoms with van der Waals surface area (Å²) in [7, 11) is 5.75. The first-order valence-electron chi connectivity index (χ1n) is 8.69. The van der Waals surface area contributed by atoms with Gasteiger partial charge in [0.15, 0.2) is 0 Å². The van der Waals surface area contributed by atoms with Crippen LogP contribution in [0.2, 0.25) is 0 Å². The maximum absolute atomic E-state index is 13.0. The minimum atomic E-state index is -0.704. The first-order valence-corrected chi connectivity index (χ1v) is 8.69. The van der Waals surface area contributed by atoms with Crippen molar-refractivity contribution in [1.82, 2.24) is 10.2 Å². The average molecular weight is 340 g/mol. The number of phenolic OH excluding ortho intramolecular Hbond substituents is 1. The molecule has 0 fully saturated rings. The van der Waals surface area contributed by atoms with Crippen LogP contribution < -0.4 is 5.32 Å². The lowest BCUT2D eigenvalue weighted by atomic mass is 9.71. The molecule has 2 aromatic carbocycles. The van der Waals surface area contributed by atoms with Crippen LogP contribution in [-0.4, -0.2) is 43.6 Å². The normalized spacial score (nSPS) is 13.4. The second-order valence-electron chi connectivity index (χ2n) is 6.74. The molecule has 4 heteroatoms. The van der Waals surface area contributed by atoms with Crippen molar-refractivity contribution in [2.45, 2.75) is 24.7 Å². The van der Waals surface area contributed by atoms with E-state index in [9.17, 15) is 9.90 Å². The molecule has 25 heavy (non-hydrogen) atoms. The van der Waals surface area contributed by atoms with Gasteiger partial charge >= 0.3 is 0 Å². The van der Waals surface area contributed by atoms with Crippen molar-refractivity contribution in [3.05, 3.63) is 65.7 Å². The number of amides is 1. The number of benzene rings is 2. The number of carbonyl (C=O) groups is 1. The SMILES string of the molecule is CNC(=O)C(CCCN(C)C)(Cc1ccccc1O)c1ccccc1. The van der Waals surface area contributed by atoms with Gasteiger partial charge in [-0.05, 0) is 57.1 Å². The van der Waals surface area contributed by atoms with Gasteiger partial charge in [-0.25, -0.2) is 0 Å². The highest BCUT2D eigenvalue weighted by Gasteiger charge is 2.39. The van der Waals surface area contributed by atoms with Crippen LogP contribution in [0.3, 0.4) is 0 Å². The van der Waals surface area contributed by atoms with Crippen LogP contribution in [0.5, 0.6) is 5.75 Å². The Bertz CT molecular complexity index is 685. The molecule has 0 aliphatic rings. The Morgan fingerprint density at radius 1 is 1.08 bits per heavy atom. The first kappa shape index (κ1) is 19.0. The largest absolute Gasteiger partial charge is 0.508 e. The highest BCUT2D eigenvalue weighted by atomic mass is 16.3. The zero-order chi connectivity index (χ0) is 18.3. The van der Waals surface area contributed by atoms with E-state index < -0.39 is 5.41 Å². The molecule has 1 unspecified atom stereocenters. The van der Waals surface area contributed by atoms with Crippen LogP contribution in [-0.2, 0) is 16.6 Å².